The predicted molar refractivity (Wildman–Crippen MR) is 115 cm³/mol. The summed E-state index contributed by atoms with van der Waals surface area (Å²) in [5.74, 6) is 2.56. The van der Waals surface area contributed by atoms with Crippen molar-refractivity contribution in [3.63, 3.8) is 0 Å². The summed E-state index contributed by atoms with van der Waals surface area (Å²) in [7, 11) is 0. The van der Waals surface area contributed by atoms with Crippen LogP contribution in [0.4, 0.5) is 0 Å². The van der Waals surface area contributed by atoms with Crippen molar-refractivity contribution in [2.75, 3.05) is 19.6 Å². The molecule has 0 atom stereocenters. The van der Waals surface area contributed by atoms with Crippen LogP contribution in [0.2, 0.25) is 5.02 Å². The van der Waals surface area contributed by atoms with E-state index in [0.717, 1.165) is 75.1 Å². The molecule has 0 N–H and O–H groups in total. The monoisotopic (exact) mass is 425 g/mol. The Kier molecular flexibility index (Phi) is 4.52. The first-order valence-electron chi connectivity index (χ1n) is 11.3. The number of nitrogens with zero attached hydrogens (tertiary/aromatic N) is 5. The lowest BCUT2D eigenvalue weighted by molar-refractivity contribution is -0.112. The number of carbonyl (C=O) groups excluding carboxylic acids is 1. The molecule has 1 aromatic heterocycles. The molecule has 6 rings (SSSR count). The van der Waals surface area contributed by atoms with Crippen LogP contribution in [0.5, 0.6) is 0 Å². The smallest absolute Gasteiger partial charge is 0.151 e. The number of hydrogen-bond acceptors (Lipinski definition) is 5. The molecule has 2 saturated carbocycles. The molecule has 2 aromatic rings. The second-order valence-electron chi connectivity index (χ2n) is 9.75. The SMILES string of the molecule is O=CC1(CN2CCC(c3nnc4n3-c3ccc(Cl)cc3CN(C3CC3)C4)CC2)CC1. The van der Waals surface area contributed by atoms with E-state index < -0.39 is 0 Å². The average molecular weight is 426 g/mol. The number of carbonyl (C=O) groups is 1. The summed E-state index contributed by atoms with van der Waals surface area (Å²) >= 11 is 6.36. The lowest BCUT2D eigenvalue weighted by Crippen LogP contribution is -2.38. The van der Waals surface area contributed by atoms with E-state index in [4.69, 9.17) is 16.7 Å². The maximum atomic E-state index is 11.4. The van der Waals surface area contributed by atoms with E-state index in [-0.39, 0.29) is 5.41 Å². The number of aldehydes is 1. The molecule has 0 amide bonds. The van der Waals surface area contributed by atoms with E-state index in [1.807, 2.05) is 6.07 Å². The second kappa shape index (κ2) is 7.14. The van der Waals surface area contributed by atoms with Crippen molar-refractivity contribution < 1.29 is 4.79 Å². The molecule has 6 nitrogen and oxygen atoms in total. The van der Waals surface area contributed by atoms with E-state index >= 15 is 0 Å². The number of fused-ring (bicyclic) bond motifs is 3. The Morgan fingerprint density at radius 3 is 2.60 bits per heavy atom. The lowest BCUT2D eigenvalue weighted by atomic mass is 9.94. The predicted octanol–water partition coefficient (Wildman–Crippen LogP) is 3.56. The Morgan fingerprint density at radius 2 is 1.90 bits per heavy atom. The summed E-state index contributed by atoms with van der Waals surface area (Å²) < 4.78 is 2.32. The Bertz CT molecular complexity index is 972. The first-order valence-corrected chi connectivity index (χ1v) is 11.7. The topological polar surface area (TPSA) is 54.3 Å². The molecule has 0 radical (unpaired) electrons. The largest absolute Gasteiger partial charge is 0.303 e. The van der Waals surface area contributed by atoms with E-state index in [2.05, 4.69) is 31.6 Å². The van der Waals surface area contributed by atoms with E-state index in [1.165, 1.54) is 30.4 Å². The van der Waals surface area contributed by atoms with Gasteiger partial charge in [-0.1, -0.05) is 11.6 Å². The quantitative estimate of drug-likeness (QED) is 0.685. The summed E-state index contributed by atoms with van der Waals surface area (Å²) in [4.78, 5) is 16.4. The van der Waals surface area contributed by atoms with Crippen molar-refractivity contribution in [3.8, 4) is 5.69 Å². The third-order valence-electron chi connectivity index (χ3n) is 7.45. The molecule has 0 unspecified atom stereocenters. The molecule has 30 heavy (non-hydrogen) atoms. The van der Waals surface area contributed by atoms with Gasteiger partial charge in [0.1, 0.15) is 12.1 Å². The van der Waals surface area contributed by atoms with Crippen LogP contribution >= 0.6 is 11.6 Å². The Hall–Kier alpha value is -1.76. The summed E-state index contributed by atoms with van der Waals surface area (Å²) in [6.07, 6.45) is 8.00. The average Bonchev–Trinajstić information content (AvgIpc) is 3.67. The first kappa shape index (κ1) is 19.0. The van der Waals surface area contributed by atoms with Crippen LogP contribution in [0.25, 0.3) is 5.69 Å². The highest BCUT2D eigenvalue weighted by atomic mass is 35.5. The van der Waals surface area contributed by atoms with Crippen LogP contribution in [-0.4, -0.2) is 56.5 Å². The Balaban J connectivity index is 1.28. The van der Waals surface area contributed by atoms with Crippen LogP contribution in [-0.2, 0) is 17.9 Å². The molecule has 158 valence electrons. The van der Waals surface area contributed by atoms with Crippen molar-refractivity contribution in [1.29, 1.82) is 0 Å². The zero-order valence-corrected chi connectivity index (χ0v) is 18.0. The first-order chi connectivity index (χ1) is 14.6. The van der Waals surface area contributed by atoms with Gasteiger partial charge in [0.15, 0.2) is 5.82 Å². The molecule has 2 aliphatic carbocycles. The van der Waals surface area contributed by atoms with E-state index in [9.17, 15) is 4.79 Å². The van der Waals surface area contributed by atoms with Crippen molar-refractivity contribution in [2.45, 2.75) is 63.6 Å². The zero-order valence-electron chi connectivity index (χ0n) is 17.3. The minimum atomic E-state index is -0.0384. The maximum Gasteiger partial charge on any atom is 0.151 e. The van der Waals surface area contributed by atoms with Gasteiger partial charge in [-0.25, -0.2) is 0 Å². The minimum Gasteiger partial charge on any atom is -0.303 e. The second-order valence-corrected chi connectivity index (χ2v) is 10.2. The van der Waals surface area contributed by atoms with Gasteiger partial charge in [0.05, 0.1) is 12.2 Å². The van der Waals surface area contributed by atoms with Gasteiger partial charge >= 0.3 is 0 Å². The van der Waals surface area contributed by atoms with E-state index in [1.54, 1.807) is 0 Å². The molecule has 4 aliphatic rings. The van der Waals surface area contributed by atoms with Crippen molar-refractivity contribution in [2.24, 2.45) is 5.41 Å². The number of piperidine rings is 1. The van der Waals surface area contributed by atoms with Crippen LogP contribution in [0.15, 0.2) is 18.2 Å². The number of hydrogen-bond donors (Lipinski definition) is 0. The van der Waals surface area contributed by atoms with Crippen LogP contribution < -0.4 is 0 Å². The highest BCUT2D eigenvalue weighted by Crippen LogP contribution is 2.45. The molecule has 7 heteroatoms. The summed E-state index contributed by atoms with van der Waals surface area (Å²) in [5, 5.41) is 10.2. The fourth-order valence-electron chi connectivity index (χ4n) is 5.28. The third-order valence-corrected chi connectivity index (χ3v) is 7.69. The Labute approximate surface area is 182 Å². The number of benzene rings is 1. The number of halogens is 1. The molecule has 1 saturated heterocycles. The molecule has 3 fully saturated rings. The summed E-state index contributed by atoms with van der Waals surface area (Å²) in [6.45, 7) is 4.77. The van der Waals surface area contributed by atoms with Crippen LogP contribution in [0, 0.1) is 5.41 Å². The lowest BCUT2D eigenvalue weighted by Gasteiger charge is -2.33. The van der Waals surface area contributed by atoms with Gasteiger partial charge in [0.2, 0.25) is 0 Å². The number of aromatic nitrogens is 3. The van der Waals surface area contributed by atoms with Gasteiger partial charge < -0.3 is 9.69 Å². The van der Waals surface area contributed by atoms with Crippen molar-refractivity contribution in [3.05, 3.63) is 40.4 Å². The van der Waals surface area contributed by atoms with Gasteiger partial charge in [-0.2, -0.15) is 0 Å². The fourth-order valence-corrected chi connectivity index (χ4v) is 5.48. The Morgan fingerprint density at radius 1 is 1.10 bits per heavy atom. The number of likely N-dealkylation sites (tertiary alicyclic amines) is 1. The van der Waals surface area contributed by atoms with Crippen LogP contribution in [0.1, 0.15) is 61.7 Å². The summed E-state index contributed by atoms with van der Waals surface area (Å²) in [6, 6.07) is 6.90. The van der Waals surface area contributed by atoms with Crippen molar-refractivity contribution in [1.82, 2.24) is 24.6 Å². The van der Waals surface area contributed by atoms with Crippen molar-refractivity contribution >= 4 is 17.9 Å². The standard InChI is InChI=1S/C23H28ClN5O/c24-18-1-4-20-17(11-18)12-28(19-2-3-19)13-21-25-26-22(29(20)21)16-5-9-27(10-6-16)14-23(15-30)7-8-23/h1,4,11,15-16,19H,2-3,5-10,12-14H2. The normalized spacial score (nSPS) is 24.2. The third kappa shape index (κ3) is 3.39. The molecular weight excluding hydrogens is 398 g/mol. The highest BCUT2D eigenvalue weighted by molar-refractivity contribution is 6.30. The van der Waals surface area contributed by atoms with Gasteiger partial charge in [-0.05, 0) is 75.4 Å². The highest BCUT2D eigenvalue weighted by Gasteiger charge is 2.44. The maximum absolute atomic E-state index is 11.4. The van der Waals surface area contributed by atoms with E-state index in [0.29, 0.717) is 12.0 Å². The summed E-state index contributed by atoms with van der Waals surface area (Å²) in [5.41, 5.74) is 2.43. The molecule has 1 aromatic carbocycles. The van der Waals surface area contributed by atoms with Crippen LogP contribution in [0.3, 0.4) is 0 Å². The van der Waals surface area contributed by atoms with Gasteiger partial charge in [0, 0.05) is 35.5 Å². The fraction of sp³-hybridized carbons (Fsp3) is 0.609. The van der Waals surface area contributed by atoms with Gasteiger partial charge in [0.25, 0.3) is 0 Å². The number of rotatable bonds is 5. The van der Waals surface area contributed by atoms with Gasteiger partial charge in [-0.3, -0.25) is 9.47 Å². The zero-order chi connectivity index (χ0) is 20.3. The molecular formula is C23H28ClN5O. The molecule has 0 spiro atoms. The molecule has 2 aliphatic heterocycles. The van der Waals surface area contributed by atoms with Gasteiger partial charge in [-0.15, -0.1) is 10.2 Å². The molecule has 0 bridgehead atoms. The molecule has 3 heterocycles. The minimum absolute atomic E-state index is 0.0384.